The van der Waals surface area contributed by atoms with Crippen LogP contribution in [0.4, 0.5) is 0 Å². The molecule has 0 atom stereocenters. The average molecular weight is 297 g/mol. The van der Waals surface area contributed by atoms with Gasteiger partial charge >= 0.3 is 0 Å². The maximum Gasteiger partial charge on any atom is 0.175 e. The van der Waals surface area contributed by atoms with Crippen molar-refractivity contribution in [3.63, 3.8) is 0 Å². The molecule has 0 radical (unpaired) electrons. The van der Waals surface area contributed by atoms with Crippen molar-refractivity contribution in [1.82, 2.24) is 4.90 Å². The summed E-state index contributed by atoms with van der Waals surface area (Å²) in [6, 6.07) is 7.44. The second-order valence-electron chi connectivity index (χ2n) is 5.05. The molecule has 114 valence electrons. The Morgan fingerprint density at radius 3 is 2.30 bits per heavy atom. The molecule has 2 rings (SSSR count). The van der Waals surface area contributed by atoms with E-state index >= 15 is 0 Å². The summed E-state index contributed by atoms with van der Waals surface area (Å²) in [7, 11) is -3.09. The van der Waals surface area contributed by atoms with Gasteiger partial charge in [0.2, 0.25) is 0 Å². The predicted octanol–water partition coefficient (Wildman–Crippen LogP) is 3.32. The maximum atomic E-state index is 11.6. The highest BCUT2D eigenvalue weighted by molar-refractivity contribution is 7.90. The Morgan fingerprint density at radius 1 is 1.20 bits per heavy atom. The van der Waals surface area contributed by atoms with Crippen LogP contribution >= 0.6 is 0 Å². The molecule has 0 unspecified atom stereocenters. The van der Waals surface area contributed by atoms with E-state index in [1.807, 2.05) is 26.0 Å². The lowest BCUT2D eigenvalue weighted by Gasteiger charge is -2.31. The largest absolute Gasteiger partial charge is 0.304 e. The predicted molar refractivity (Wildman–Crippen MR) is 85.0 cm³/mol. The van der Waals surface area contributed by atoms with Crippen LogP contribution in [0.15, 0.2) is 29.2 Å². The number of likely N-dealkylation sites (tertiary alicyclic amines) is 1. The van der Waals surface area contributed by atoms with Gasteiger partial charge < -0.3 is 4.90 Å². The summed E-state index contributed by atoms with van der Waals surface area (Å²) in [5, 5.41) is 0. The fourth-order valence-electron chi connectivity index (χ4n) is 2.58. The van der Waals surface area contributed by atoms with Crippen molar-refractivity contribution in [3.8, 4) is 0 Å². The van der Waals surface area contributed by atoms with Gasteiger partial charge in [0.05, 0.1) is 4.90 Å². The molecule has 1 saturated heterocycles. The van der Waals surface area contributed by atoms with Gasteiger partial charge in [0, 0.05) is 6.26 Å². The molecule has 0 N–H and O–H groups in total. The third-order valence-corrected chi connectivity index (χ3v) is 4.90. The van der Waals surface area contributed by atoms with Gasteiger partial charge in [0.25, 0.3) is 0 Å². The van der Waals surface area contributed by atoms with E-state index in [0.717, 1.165) is 32.5 Å². The van der Waals surface area contributed by atoms with Gasteiger partial charge in [-0.3, -0.25) is 0 Å². The van der Waals surface area contributed by atoms with Gasteiger partial charge in [0.15, 0.2) is 9.84 Å². The molecule has 1 aromatic rings. The van der Waals surface area contributed by atoms with Crippen molar-refractivity contribution in [2.24, 2.45) is 0 Å². The van der Waals surface area contributed by atoms with Crippen molar-refractivity contribution in [2.75, 3.05) is 25.9 Å². The highest BCUT2D eigenvalue weighted by Gasteiger charge is 2.20. The molecule has 0 amide bonds. The minimum Gasteiger partial charge on any atom is -0.304 e. The van der Waals surface area contributed by atoms with Crippen LogP contribution in [0.2, 0.25) is 0 Å². The fourth-order valence-corrected chi connectivity index (χ4v) is 3.26. The molecule has 0 spiro atoms. The van der Waals surface area contributed by atoms with Crippen molar-refractivity contribution in [3.05, 3.63) is 29.8 Å². The molecule has 1 aliphatic rings. The number of benzene rings is 1. The highest BCUT2D eigenvalue weighted by Crippen LogP contribution is 2.29. The molecule has 1 fully saturated rings. The molecule has 4 heteroatoms. The number of hydrogen-bond donors (Lipinski definition) is 0. The van der Waals surface area contributed by atoms with E-state index in [2.05, 4.69) is 17.9 Å². The minimum absolute atomic E-state index is 0.443. The molecule has 1 heterocycles. The Hall–Kier alpha value is -0.870. The average Bonchev–Trinajstić information content (AvgIpc) is 2.49. The maximum absolute atomic E-state index is 11.6. The van der Waals surface area contributed by atoms with Gasteiger partial charge in [0.1, 0.15) is 0 Å². The Labute approximate surface area is 123 Å². The Bertz CT molecular complexity index is 503. The lowest BCUT2D eigenvalue weighted by molar-refractivity contribution is 0.222. The van der Waals surface area contributed by atoms with Crippen LogP contribution in [0.1, 0.15) is 45.1 Å². The molecule has 20 heavy (non-hydrogen) atoms. The van der Waals surface area contributed by atoms with Crippen LogP contribution in [0, 0.1) is 0 Å². The molecule has 1 aromatic carbocycles. The van der Waals surface area contributed by atoms with E-state index < -0.39 is 9.84 Å². The molecule has 0 aromatic heterocycles. The topological polar surface area (TPSA) is 37.4 Å². The molecule has 3 nitrogen and oxygen atoms in total. The first-order chi connectivity index (χ1) is 9.50. The first kappa shape index (κ1) is 17.2. The number of hydrogen-bond acceptors (Lipinski definition) is 3. The minimum atomic E-state index is -3.09. The SMILES string of the molecule is CC.CCN1CCC(c2cccc(S(C)(=O)=O)c2)CC1. The highest BCUT2D eigenvalue weighted by atomic mass is 32.2. The van der Waals surface area contributed by atoms with Crippen molar-refractivity contribution in [1.29, 1.82) is 0 Å². The number of nitrogens with zero attached hydrogens (tertiary/aromatic N) is 1. The Morgan fingerprint density at radius 2 is 1.80 bits per heavy atom. The monoisotopic (exact) mass is 297 g/mol. The zero-order chi connectivity index (χ0) is 15.2. The summed E-state index contributed by atoms with van der Waals surface area (Å²) in [5.74, 6) is 0.509. The second-order valence-corrected chi connectivity index (χ2v) is 7.07. The number of sulfone groups is 1. The Balaban J connectivity index is 0.000000956. The summed E-state index contributed by atoms with van der Waals surface area (Å²) in [5.41, 5.74) is 1.17. The third-order valence-electron chi connectivity index (χ3n) is 3.79. The molecule has 0 saturated carbocycles. The third kappa shape index (κ3) is 4.60. The Kier molecular flexibility index (Phi) is 6.69. The molecular formula is C16H27NO2S. The lowest BCUT2D eigenvalue weighted by Crippen LogP contribution is -2.32. The van der Waals surface area contributed by atoms with E-state index in [0.29, 0.717) is 10.8 Å². The smallest absolute Gasteiger partial charge is 0.175 e. The van der Waals surface area contributed by atoms with Crippen LogP contribution in [0.3, 0.4) is 0 Å². The van der Waals surface area contributed by atoms with Crippen molar-refractivity contribution in [2.45, 2.75) is 44.4 Å². The molecule has 0 aliphatic carbocycles. The van der Waals surface area contributed by atoms with Gasteiger partial charge in [-0.2, -0.15) is 0 Å². The van der Waals surface area contributed by atoms with Crippen LogP contribution in [-0.4, -0.2) is 39.2 Å². The van der Waals surface area contributed by atoms with Crippen LogP contribution in [-0.2, 0) is 9.84 Å². The standard InChI is InChI=1S/C14H21NO2S.C2H6/c1-3-15-9-7-12(8-10-15)13-5-4-6-14(11-13)18(2,16)17;1-2/h4-6,11-12H,3,7-10H2,1-2H3;1-2H3. The first-order valence-electron chi connectivity index (χ1n) is 7.53. The fraction of sp³-hybridized carbons (Fsp3) is 0.625. The van der Waals surface area contributed by atoms with Gasteiger partial charge in [-0.25, -0.2) is 8.42 Å². The van der Waals surface area contributed by atoms with Gasteiger partial charge in [-0.1, -0.05) is 32.9 Å². The lowest BCUT2D eigenvalue weighted by atomic mass is 9.89. The van der Waals surface area contributed by atoms with E-state index in [1.54, 1.807) is 6.07 Å². The summed E-state index contributed by atoms with van der Waals surface area (Å²) in [6.45, 7) is 9.52. The van der Waals surface area contributed by atoms with E-state index in [-0.39, 0.29) is 0 Å². The summed E-state index contributed by atoms with van der Waals surface area (Å²) in [6.07, 6.45) is 3.52. The normalized spacial score (nSPS) is 17.4. The zero-order valence-corrected chi connectivity index (χ0v) is 13.9. The molecular weight excluding hydrogens is 270 g/mol. The zero-order valence-electron chi connectivity index (χ0n) is 13.1. The second kappa shape index (κ2) is 7.79. The number of piperidine rings is 1. The van der Waals surface area contributed by atoms with E-state index in [1.165, 1.54) is 11.8 Å². The van der Waals surface area contributed by atoms with Gasteiger partial charge in [-0.05, 0) is 56.1 Å². The van der Waals surface area contributed by atoms with Crippen molar-refractivity contribution >= 4 is 9.84 Å². The number of rotatable bonds is 3. The quantitative estimate of drug-likeness (QED) is 0.859. The van der Waals surface area contributed by atoms with Gasteiger partial charge in [-0.15, -0.1) is 0 Å². The molecule has 0 bridgehead atoms. The van der Waals surface area contributed by atoms with Crippen LogP contribution in [0.5, 0.6) is 0 Å². The van der Waals surface area contributed by atoms with E-state index in [9.17, 15) is 8.42 Å². The summed E-state index contributed by atoms with van der Waals surface area (Å²) < 4.78 is 23.1. The molecule has 1 aliphatic heterocycles. The first-order valence-corrected chi connectivity index (χ1v) is 9.42. The van der Waals surface area contributed by atoms with E-state index in [4.69, 9.17) is 0 Å². The summed E-state index contributed by atoms with van der Waals surface area (Å²) in [4.78, 5) is 2.88. The van der Waals surface area contributed by atoms with Crippen LogP contribution < -0.4 is 0 Å². The van der Waals surface area contributed by atoms with Crippen LogP contribution in [0.25, 0.3) is 0 Å². The summed E-state index contributed by atoms with van der Waals surface area (Å²) >= 11 is 0. The van der Waals surface area contributed by atoms with Crippen molar-refractivity contribution < 1.29 is 8.42 Å².